The molecule has 0 aliphatic heterocycles. The lowest BCUT2D eigenvalue weighted by Gasteiger charge is -2.14. The van der Waals surface area contributed by atoms with Crippen molar-refractivity contribution in [2.45, 2.75) is 46.5 Å². The zero-order chi connectivity index (χ0) is 8.69. The third-order valence-electron chi connectivity index (χ3n) is 2.36. The smallest absolute Gasteiger partial charge is 0.0431 e. The van der Waals surface area contributed by atoms with Gasteiger partial charge < -0.3 is 5.11 Å². The molecule has 0 amide bonds. The normalized spacial score (nSPS) is 16.4. The molecule has 0 spiro atoms. The van der Waals surface area contributed by atoms with Crippen LogP contribution in [-0.4, -0.2) is 11.7 Å². The van der Waals surface area contributed by atoms with Crippen LogP contribution < -0.4 is 0 Å². The fourth-order valence-corrected chi connectivity index (χ4v) is 1.41. The predicted octanol–water partition coefficient (Wildman–Crippen LogP) is 2.83. The first-order valence-corrected chi connectivity index (χ1v) is 4.81. The lowest BCUT2D eigenvalue weighted by Crippen LogP contribution is -2.02. The van der Waals surface area contributed by atoms with E-state index < -0.39 is 0 Å². The van der Waals surface area contributed by atoms with Gasteiger partial charge >= 0.3 is 0 Å². The zero-order valence-corrected chi connectivity index (χ0v) is 8.14. The second-order valence-electron chi connectivity index (χ2n) is 3.72. The number of hydrogen-bond donors (Lipinski definition) is 1. The Kier molecular flexibility index (Phi) is 6.63. The van der Waals surface area contributed by atoms with Crippen molar-refractivity contribution in [3.8, 4) is 0 Å². The van der Waals surface area contributed by atoms with E-state index in [1.54, 1.807) is 0 Å². The minimum atomic E-state index is 0.352. The zero-order valence-electron chi connectivity index (χ0n) is 8.14. The van der Waals surface area contributed by atoms with E-state index in [-0.39, 0.29) is 0 Å². The van der Waals surface area contributed by atoms with E-state index in [1.807, 2.05) is 0 Å². The largest absolute Gasteiger partial charge is 0.396 e. The van der Waals surface area contributed by atoms with E-state index in [4.69, 9.17) is 5.11 Å². The highest BCUT2D eigenvalue weighted by atomic mass is 16.2. The van der Waals surface area contributed by atoms with Gasteiger partial charge in [0.05, 0.1) is 0 Å². The summed E-state index contributed by atoms with van der Waals surface area (Å²) in [5.41, 5.74) is 0. The number of hydrogen-bond acceptors (Lipinski definition) is 1. The molecule has 11 heavy (non-hydrogen) atoms. The van der Waals surface area contributed by atoms with Gasteiger partial charge in [-0.2, -0.15) is 0 Å². The van der Waals surface area contributed by atoms with Gasteiger partial charge in [-0.1, -0.05) is 27.2 Å². The van der Waals surface area contributed by atoms with E-state index in [1.165, 1.54) is 19.3 Å². The van der Waals surface area contributed by atoms with E-state index in [9.17, 15) is 0 Å². The van der Waals surface area contributed by atoms with Crippen LogP contribution in [0.15, 0.2) is 0 Å². The van der Waals surface area contributed by atoms with Crippen molar-refractivity contribution in [2.24, 2.45) is 11.8 Å². The Bertz CT molecular complexity index is 80.9. The van der Waals surface area contributed by atoms with Gasteiger partial charge in [-0.05, 0) is 31.1 Å². The summed E-state index contributed by atoms with van der Waals surface area (Å²) in [6, 6.07) is 0. The topological polar surface area (TPSA) is 20.2 Å². The van der Waals surface area contributed by atoms with Crippen LogP contribution in [0.3, 0.4) is 0 Å². The minimum absolute atomic E-state index is 0.352. The van der Waals surface area contributed by atoms with Gasteiger partial charge in [0.25, 0.3) is 0 Å². The van der Waals surface area contributed by atoms with Crippen LogP contribution >= 0.6 is 0 Å². The van der Waals surface area contributed by atoms with Gasteiger partial charge in [0.15, 0.2) is 0 Å². The molecule has 0 radical (unpaired) electrons. The van der Waals surface area contributed by atoms with Crippen LogP contribution in [-0.2, 0) is 0 Å². The molecule has 0 aliphatic rings. The molecule has 0 rings (SSSR count). The Labute approximate surface area is 70.8 Å². The SMILES string of the molecule is CC[C@H](C)C[C@@H](C)CCCO. The van der Waals surface area contributed by atoms with Crippen LogP contribution in [0.4, 0.5) is 0 Å². The maximum absolute atomic E-state index is 8.61. The quantitative estimate of drug-likeness (QED) is 0.630. The first kappa shape index (κ1) is 11.0. The van der Waals surface area contributed by atoms with Crippen molar-refractivity contribution < 1.29 is 5.11 Å². The molecular formula is C10H22O. The fourth-order valence-electron chi connectivity index (χ4n) is 1.41. The number of aliphatic hydroxyl groups excluding tert-OH is 1. The van der Waals surface area contributed by atoms with Crippen LogP contribution in [0.2, 0.25) is 0 Å². The summed E-state index contributed by atoms with van der Waals surface area (Å²) in [4.78, 5) is 0. The van der Waals surface area contributed by atoms with Gasteiger partial charge in [0.2, 0.25) is 0 Å². The summed E-state index contributed by atoms with van der Waals surface area (Å²) in [5, 5.41) is 8.61. The number of aliphatic hydroxyl groups is 1. The van der Waals surface area contributed by atoms with E-state index in [0.29, 0.717) is 6.61 Å². The van der Waals surface area contributed by atoms with E-state index in [0.717, 1.165) is 18.3 Å². The fraction of sp³-hybridized carbons (Fsp3) is 1.00. The van der Waals surface area contributed by atoms with Crippen LogP contribution in [0.5, 0.6) is 0 Å². The van der Waals surface area contributed by atoms with Crippen molar-refractivity contribution in [2.75, 3.05) is 6.61 Å². The summed E-state index contributed by atoms with van der Waals surface area (Å²) in [5.74, 6) is 1.64. The highest BCUT2D eigenvalue weighted by Gasteiger charge is 2.05. The monoisotopic (exact) mass is 158 g/mol. The van der Waals surface area contributed by atoms with Gasteiger partial charge in [-0.25, -0.2) is 0 Å². The van der Waals surface area contributed by atoms with Crippen molar-refractivity contribution in [3.63, 3.8) is 0 Å². The minimum Gasteiger partial charge on any atom is -0.396 e. The molecule has 0 fully saturated rings. The predicted molar refractivity (Wildman–Crippen MR) is 49.6 cm³/mol. The molecule has 0 aromatic carbocycles. The molecule has 1 nitrogen and oxygen atoms in total. The average Bonchev–Trinajstić information content (AvgIpc) is 2.00. The standard InChI is InChI=1S/C10H22O/c1-4-9(2)8-10(3)6-5-7-11/h9-11H,4-8H2,1-3H3/t9-,10-/m0/s1. The molecule has 0 aromatic heterocycles. The van der Waals surface area contributed by atoms with Crippen molar-refractivity contribution in [1.82, 2.24) is 0 Å². The molecule has 0 unspecified atom stereocenters. The van der Waals surface area contributed by atoms with Gasteiger partial charge in [-0.15, -0.1) is 0 Å². The second-order valence-corrected chi connectivity index (χ2v) is 3.72. The molecular weight excluding hydrogens is 136 g/mol. The first-order valence-electron chi connectivity index (χ1n) is 4.81. The van der Waals surface area contributed by atoms with Crippen molar-refractivity contribution in [3.05, 3.63) is 0 Å². The summed E-state index contributed by atoms with van der Waals surface area (Å²) in [6.07, 6.45) is 4.75. The van der Waals surface area contributed by atoms with Gasteiger partial charge in [-0.3, -0.25) is 0 Å². The third-order valence-corrected chi connectivity index (χ3v) is 2.36. The molecule has 2 atom stereocenters. The summed E-state index contributed by atoms with van der Waals surface area (Å²) < 4.78 is 0. The molecule has 0 heterocycles. The maximum Gasteiger partial charge on any atom is 0.0431 e. The molecule has 0 saturated carbocycles. The average molecular weight is 158 g/mol. The summed E-state index contributed by atoms with van der Waals surface area (Å²) in [6.45, 7) is 7.17. The summed E-state index contributed by atoms with van der Waals surface area (Å²) >= 11 is 0. The Balaban J connectivity index is 3.27. The Hall–Kier alpha value is -0.0400. The summed E-state index contributed by atoms with van der Waals surface area (Å²) in [7, 11) is 0. The molecule has 0 aliphatic carbocycles. The lowest BCUT2D eigenvalue weighted by atomic mass is 9.92. The number of rotatable bonds is 6. The highest BCUT2D eigenvalue weighted by molar-refractivity contribution is 4.58. The van der Waals surface area contributed by atoms with E-state index in [2.05, 4.69) is 20.8 Å². The van der Waals surface area contributed by atoms with Crippen molar-refractivity contribution >= 4 is 0 Å². The molecule has 1 heteroatoms. The van der Waals surface area contributed by atoms with E-state index >= 15 is 0 Å². The van der Waals surface area contributed by atoms with Crippen molar-refractivity contribution in [1.29, 1.82) is 0 Å². The molecule has 1 N–H and O–H groups in total. The van der Waals surface area contributed by atoms with Crippen LogP contribution in [0.25, 0.3) is 0 Å². The Morgan fingerprint density at radius 2 is 1.82 bits per heavy atom. The molecule has 68 valence electrons. The third kappa shape index (κ3) is 6.36. The molecule has 0 aromatic rings. The molecule has 0 saturated heterocycles. The Morgan fingerprint density at radius 1 is 1.18 bits per heavy atom. The lowest BCUT2D eigenvalue weighted by molar-refractivity contribution is 0.265. The highest BCUT2D eigenvalue weighted by Crippen LogP contribution is 2.18. The second kappa shape index (κ2) is 6.66. The van der Waals surface area contributed by atoms with Gasteiger partial charge in [0, 0.05) is 6.61 Å². The Morgan fingerprint density at radius 3 is 2.27 bits per heavy atom. The van der Waals surface area contributed by atoms with Crippen LogP contribution in [0, 0.1) is 11.8 Å². The first-order chi connectivity index (χ1) is 5.20. The van der Waals surface area contributed by atoms with Crippen LogP contribution in [0.1, 0.15) is 46.5 Å². The van der Waals surface area contributed by atoms with Gasteiger partial charge in [0.1, 0.15) is 0 Å². The molecule has 0 bridgehead atoms. The maximum atomic E-state index is 8.61.